The Kier molecular flexibility index (Phi) is 0.999. The zero-order valence-electron chi connectivity index (χ0n) is 6.65. The third-order valence-corrected chi connectivity index (χ3v) is 2.40. The number of carboxylic acids is 1. The minimum absolute atomic E-state index is 0.0673. The highest BCUT2D eigenvalue weighted by Gasteiger charge is 2.48. The van der Waals surface area contributed by atoms with Crippen LogP contribution < -0.4 is 0 Å². The molecule has 1 unspecified atom stereocenters. The van der Waals surface area contributed by atoms with Crippen molar-refractivity contribution in [1.82, 2.24) is 0 Å². The van der Waals surface area contributed by atoms with Crippen LogP contribution in [0.4, 0.5) is 0 Å². The van der Waals surface area contributed by atoms with Gasteiger partial charge in [-0.15, -0.1) is 0 Å². The Balaban J connectivity index is 2.26. The van der Waals surface area contributed by atoms with E-state index in [0.29, 0.717) is 11.3 Å². The smallest absolute Gasteiger partial charge is 0.339 e. The summed E-state index contributed by atoms with van der Waals surface area (Å²) < 4.78 is 5.15. The largest absolute Gasteiger partial charge is 0.478 e. The first-order chi connectivity index (χ1) is 6.29. The van der Waals surface area contributed by atoms with Gasteiger partial charge in [-0.05, 0) is 5.56 Å². The quantitative estimate of drug-likeness (QED) is 0.657. The summed E-state index contributed by atoms with van der Waals surface area (Å²) >= 11 is 0. The third-order valence-electron chi connectivity index (χ3n) is 2.40. The van der Waals surface area contributed by atoms with Crippen molar-refractivity contribution in [2.45, 2.75) is 6.10 Å². The van der Waals surface area contributed by atoms with Gasteiger partial charge in [0, 0.05) is 5.56 Å². The van der Waals surface area contributed by atoms with E-state index in [-0.39, 0.29) is 6.10 Å². The Hall–Kier alpha value is -1.77. The van der Waals surface area contributed by atoms with Gasteiger partial charge in [0.25, 0.3) is 0 Å². The predicted octanol–water partition coefficient (Wildman–Crippen LogP) is 1.57. The fraction of sp³-hybridized carbons (Fsp3) is 0.100. The van der Waals surface area contributed by atoms with Crippen molar-refractivity contribution in [1.29, 1.82) is 0 Å². The molecule has 3 rings (SSSR count). The molecule has 0 spiro atoms. The first kappa shape index (κ1) is 6.71. The van der Waals surface area contributed by atoms with Crippen molar-refractivity contribution in [3.8, 4) is 0 Å². The monoisotopic (exact) mass is 174 g/mol. The molecule has 1 aromatic rings. The molecule has 1 aliphatic heterocycles. The van der Waals surface area contributed by atoms with Crippen molar-refractivity contribution >= 4 is 11.5 Å². The van der Waals surface area contributed by atoms with Crippen LogP contribution in [0.2, 0.25) is 0 Å². The number of rotatable bonds is 1. The number of hydrogen-bond donors (Lipinski definition) is 1. The van der Waals surface area contributed by atoms with Gasteiger partial charge in [0.05, 0.1) is 0 Å². The molecule has 1 aliphatic carbocycles. The summed E-state index contributed by atoms with van der Waals surface area (Å²) in [6, 6.07) is 7.46. The summed E-state index contributed by atoms with van der Waals surface area (Å²) in [5.74, 6) is -0.281. The Labute approximate surface area is 74.3 Å². The number of benzene rings is 1. The summed E-state index contributed by atoms with van der Waals surface area (Å²) in [7, 11) is 0. The second-order valence-corrected chi connectivity index (χ2v) is 3.13. The van der Waals surface area contributed by atoms with Crippen LogP contribution in [0.5, 0.6) is 0 Å². The van der Waals surface area contributed by atoms with Gasteiger partial charge in [-0.25, -0.2) is 4.79 Å². The van der Waals surface area contributed by atoms with E-state index in [4.69, 9.17) is 9.84 Å². The molecule has 2 aliphatic rings. The zero-order valence-corrected chi connectivity index (χ0v) is 6.65. The Morgan fingerprint density at radius 1 is 1.38 bits per heavy atom. The number of carboxylic acid groups (broad SMARTS) is 1. The lowest BCUT2D eigenvalue weighted by Crippen LogP contribution is -1.99. The maximum absolute atomic E-state index is 10.9. The summed E-state index contributed by atoms with van der Waals surface area (Å²) in [5.41, 5.74) is 2.12. The van der Waals surface area contributed by atoms with E-state index in [1.54, 1.807) is 0 Å². The molecule has 1 fully saturated rings. The number of hydrogen-bond acceptors (Lipinski definition) is 2. The predicted molar refractivity (Wildman–Crippen MR) is 44.8 cm³/mol. The Morgan fingerprint density at radius 3 is 2.92 bits per heavy atom. The number of epoxide rings is 1. The molecule has 1 atom stereocenters. The normalized spacial score (nSPS) is 22.0. The molecule has 1 aromatic carbocycles. The lowest BCUT2D eigenvalue weighted by molar-refractivity contribution is -0.130. The summed E-state index contributed by atoms with van der Waals surface area (Å²) in [6.45, 7) is 0. The SMILES string of the molecule is O=C(O)C1=C2OC2c2ccccc21. The number of fused-ring (bicyclic) bond motifs is 3. The molecule has 0 aromatic heterocycles. The molecular weight excluding hydrogens is 168 g/mol. The van der Waals surface area contributed by atoms with Crippen LogP contribution in [0.15, 0.2) is 30.0 Å². The van der Waals surface area contributed by atoms with E-state index >= 15 is 0 Å². The maximum Gasteiger partial charge on any atom is 0.339 e. The van der Waals surface area contributed by atoms with Gasteiger partial charge in [0.2, 0.25) is 0 Å². The van der Waals surface area contributed by atoms with E-state index in [9.17, 15) is 4.79 Å². The van der Waals surface area contributed by atoms with Gasteiger partial charge in [-0.1, -0.05) is 24.3 Å². The molecule has 13 heavy (non-hydrogen) atoms. The second-order valence-electron chi connectivity index (χ2n) is 3.13. The standard InChI is InChI=1S/C10H6O3/c11-10(12)7-5-3-1-2-4-6(5)8-9(7)13-8/h1-4,8H,(H,11,12). The molecule has 0 bridgehead atoms. The van der Waals surface area contributed by atoms with Crippen LogP contribution >= 0.6 is 0 Å². The van der Waals surface area contributed by atoms with E-state index in [1.165, 1.54) is 0 Å². The highest BCUT2D eigenvalue weighted by atomic mass is 16.6. The van der Waals surface area contributed by atoms with Gasteiger partial charge >= 0.3 is 5.97 Å². The number of aliphatic carboxylic acids is 1. The third kappa shape index (κ3) is 0.710. The van der Waals surface area contributed by atoms with Gasteiger partial charge in [0.1, 0.15) is 5.57 Å². The minimum Gasteiger partial charge on any atom is -0.478 e. The van der Waals surface area contributed by atoms with Crippen LogP contribution in [0.1, 0.15) is 17.2 Å². The van der Waals surface area contributed by atoms with Crippen molar-refractivity contribution in [2.75, 3.05) is 0 Å². The highest BCUT2D eigenvalue weighted by molar-refractivity contribution is 6.19. The molecule has 64 valence electrons. The second kappa shape index (κ2) is 1.93. The number of ether oxygens (including phenoxy) is 1. The lowest BCUT2D eigenvalue weighted by Gasteiger charge is -2.01. The topological polar surface area (TPSA) is 49.8 Å². The van der Waals surface area contributed by atoms with Crippen LogP contribution in [-0.2, 0) is 9.53 Å². The molecule has 1 N–H and O–H groups in total. The van der Waals surface area contributed by atoms with E-state index in [0.717, 1.165) is 11.1 Å². The zero-order chi connectivity index (χ0) is 9.00. The lowest BCUT2D eigenvalue weighted by atomic mass is 10.1. The van der Waals surface area contributed by atoms with Gasteiger partial charge in [-0.2, -0.15) is 0 Å². The summed E-state index contributed by atoms with van der Waals surface area (Å²) in [4.78, 5) is 10.9. The molecule has 1 heterocycles. The molecular formula is C10H6O3. The highest BCUT2D eigenvalue weighted by Crippen LogP contribution is 2.55. The van der Waals surface area contributed by atoms with E-state index in [2.05, 4.69) is 0 Å². The fourth-order valence-electron chi connectivity index (χ4n) is 1.79. The van der Waals surface area contributed by atoms with Crippen molar-refractivity contribution in [3.63, 3.8) is 0 Å². The molecule has 0 amide bonds. The van der Waals surface area contributed by atoms with Crippen LogP contribution in [-0.4, -0.2) is 11.1 Å². The molecule has 3 heteroatoms. The van der Waals surface area contributed by atoms with E-state index in [1.807, 2.05) is 24.3 Å². The summed E-state index contributed by atoms with van der Waals surface area (Å²) in [5, 5.41) is 8.92. The van der Waals surface area contributed by atoms with Gasteiger partial charge in [-0.3, -0.25) is 0 Å². The van der Waals surface area contributed by atoms with Crippen LogP contribution in [0.3, 0.4) is 0 Å². The average molecular weight is 174 g/mol. The first-order valence-corrected chi connectivity index (χ1v) is 4.02. The first-order valence-electron chi connectivity index (χ1n) is 4.02. The fourth-order valence-corrected chi connectivity index (χ4v) is 1.79. The number of carbonyl (C=O) groups is 1. The van der Waals surface area contributed by atoms with Crippen molar-refractivity contribution in [3.05, 3.63) is 41.2 Å². The Bertz CT molecular complexity index is 445. The molecule has 3 nitrogen and oxygen atoms in total. The van der Waals surface area contributed by atoms with Gasteiger partial charge in [0.15, 0.2) is 11.9 Å². The maximum atomic E-state index is 10.9. The average Bonchev–Trinajstić information content (AvgIpc) is 2.81. The van der Waals surface area contributed by atoms with Crippen molar-refractivity contribution in [2.24, 2.45) is 0 Å². The molecule has 0 radical (unpaired) electrons. The van der Waals surface area contributed by atoms with Crippen LogP contribution in [0.25, 0.3) is 5.57 Å². The molecule has 0 saturated carbocycles. The van der Waals surface area contributed by atoms with Crippen molar-refractivity contribution < 1.29 is 14.6 Å². The Morgan fingerprint density at radius 2 is 2.15 bits per heavy atom. The summed E-state index contributed by atoms with van der Waals surface area (Å²) in [6.07, 6.45) is -0.0673. The van der Waals surface area contributed by atoms with E-state index < -0.39 is 5.97 Å². The van der Waals surface area contributed by atoms with Crippen LogP contribution in [0, 0.1) is 0 Å². The minimum atomic E-state index is -0.901. The molecule has 1 saturated heterocycles. The van der Waals surface area contributed by atoms with Gasteiger partial charge < -0.3 is 9.84 Å².